The van der Waals surface area contributed by atoms with Crippen molar-refractivity contribution in [3.8, 4) is 0 Å². The van der Waals surface area contributed by atoms with Crippen molar-refractivity contribution in [3.05, 3.63) is 16.3 Å². The normalized spacial score (nSPS) is 21.3. The Hall–Kier alpha value is -1.63. The van der Waals surface area contributed by atoms with E-state index in [1.807, 2.05) is 9.47 Å². The fourth-order valence-electron chi connectivity index (χ4n) is 4.54. The van der Waals surface area contributed by atoms with Crippen LogP contribution < -0.4 is 11.0 Å². The molecule has 1 amide bonds. The van der Waals surface area contributed by atoms with Gasteiger partial charge in [-0.3, -0.25) is 14.4 Å². The second-order valence-corrected chi connectivity index (χ2v) is 8.43. The minimum absolute atomic E-state index is 0. The summed E-state index contributed by atoms with van der Waals surface area (Å²) in [6.45, 7) is 8.46. The first kappa shape index (κ1) is 25.0. The molecule has 32 heavy (non-hydrogen) atoms. The van der Waals surface area contributed by atoms with Crippen molar-refractivity contribution in [1.29, 1.82) is 0 Å². The summed E-state index contributed by atoms with van der Waals surface area (Å²) in [5, 5.41) is 7.86. The van der Waals surface area contributed by atoms with Gasteiger partial charge in [-0.1, -0.05) is 0 Å². The molecule has 0 aliphatic carbocycles. The number of hydrogen-bond acceptors (Lipinski definition) is 5. The highest BCUT2D eigenvalue weighted by Crippen LogP contribution is 2.16. The molecule has 2 saturated heterocycles. The summed E-state index contributed by atoms with van der Waals surface area (Å²) in [6.07, 6.45) is 5.40. The molecule has 1 atom stereocenters. The lowest BCUT2D eigenvalue weighted by Crippen LogP contribution is -2.55. The third-order valence-electron chi connectivity index (χ3n) is 6.25. The van der Waals surface area contributed by atoms with Crippen molar-refractivity contribution in [1.82, 2.24) is 29.5 Å². The molecule has 4 rings (SSSR count). The molecule has 3 aliphatic heterocycles. The van der Waals surface area contributed by atoms with Crippen molar-refractivity contribution >= 4 is 35.8 Å². The molecule has 1 aromatic rings. The van der Waals surface area contributed by atoms with Gasteiger partial charge in [-0.2, -0.15) is 5.10 Å². The van der Waals surface area contributed by atoms with Crippen molar-refractivity contribution in [2.75, 3.05) is 45.9 Å². The minimum Gasteiger partial charge on any atom is -0.368 e. The lowest BCUT2D eigenvalue weighted by Gasteiger charge is -2.37. The highest BCUT2D eigenvalue weighted by molar-refractivity contribution is 14.0. The van der Waals surface area contributed by atoms with Gasteiger partial charge >= 0.3 is 5.69 Å². The maximum Gasteiger partial charge on any atom is 0.345 e. The van der Waals surface area contributed by atoms with Crippen molar-refractivity contribution in [2.45, 2.75) is 64.6 Å². The van der Waals surface area contributed by atoms with Gasteiger partial charge in [0.15, 0.2) is 5.96 Å². The van der Waals surface area contributed by atoms with Gasteiger partial charge in [-0.15, -0.1) is 24.0 Å². The summed E-state index contributed by atoms with van der Waals surface area (Å²) in [6, 6.07) is 0. The monoisotopic (exact) mass is 561 g/mol. The molecule has 2 fully saturated rings. The Bertz CT molecular complexity index is 839. The number of rotatable bonds is 6. The molecule has 0 saturated carbocycles. The molecule has 0 bridgehead atoms. The second kappa shape index (κ2) is 12.0. The van der Waals surface area contributed by atoms with Gasteiger partial charge < -0.3 is 19.9 Å². The van der Waals surface area contributed by atoms with E-state index in [0.29, 0.717) is 32.8 Å². The van der Waals surface area contributed by atoms with Gasteiger partial charge in [0.2, 0.25) is 0 Å². The number of ether oxygens (including phenoxy) is 1. The summed E-state index contributed by atoms with van der Waals surface area (Å²) in [7, 11) is 0. The Morgan fingerprint density at radius 2 is 1.94 bits per heavy atom. The summed E-state index contributed by atoms with van der Waals surface area (Å²) in [5.41, 5.74) is 0.0117. The van der Waals surface area contributed by atoms with E-state index < -0.39 is 0 Å². The van der Waals surface area contributed by atoms with E-state index >= 15 is 0 Å². The molecule has 0 spiro atoms. The van der Waals surface area contributed by atoms with Crippen LogP contribution in [0.15, 0.2) is 9.79 Å². The van der Waals surface area contributed by atoms with E-state index in [4.69, 9.17) is 9.73 Å². The van der Waals surface area contributed by atoms with E-state index in [-0.39, 0.29) is 41.7 Å². The smallest absolute Gasteiger partial charge is 0.345 e. The topological polar surface area (TPSA) is 97.0 Å². The van der Waals surface area contributed by atoms with Crippen LogP contribution >= 0.6 is 24.0 Å². The number of guanidine groups is 1. The number of fused-ring (bicyclic) bond motifs is 1. The number of carbonyl (C=O) groups excluding carboxylic acids is 1. The zero-order valence-corrected chi connectivity index (χ0v) is 21.3. The molecule has 1 N–H and O–H groups in total. The van der Waals surface area contributed by atoms with E-state index in [9.17, 15) is 9.59 Å². The standard InChI is InChI=1S/C21H35N7O3.HI/c1-2-22-20(26-14-12-25(13-15-26)19(29)17-7-5-16-31-17)23-9-6-11-28-21(30)27-10-4-3-8-18(27)24-28;/h17H,2-16H2,1H3,(H,22,23);1H. The van der Waals surface area contributed by atoms with Crippen LogP contribution in [0.5, 0.6) is 0 Å². The van der Waals surface area contributed by atoms with Crippen LogP contribution in [0, 0.1) is 0 Å². The van der Waals surface area contributed by atoms with Crippen LogP contribution in [0.4, 0.5) is 0 Å². The predicted octanol–water partition coefficient (Wildman–Crippen LogP) is 0.678. The number of nitrogens with one attached hydrogen (secondary N) is 1. The molecule has 180 valence electrons. The fourth-order valence-corrected chi connectivity index (χ4v) is 4.54. The van der Waals surface area contributed by atoms with Gasteiger partial charge in [0.05, 0.1) is 0 Å². The Labute approximate surface area is 206 Å². The van der Waals surface area contributed by atoms with Gasteiger partial charge in [0.25, 0.3) is 5.91 Å². The maximum absolute atomic E-state index is 12.5. The molecule has 1 aromatic heterocycles. The number of aliphatic imine (C=N–C) groups is 1. The Kier molecular flexibility index (Phi) is 9.38. The lowest BCUT2D eigenvalue weighted by atomic mass is 10.2. The highest BCUT2D eigenvalue weighted by atomic mass is 127. The van der Waals surface area contributed by atoms with Crippen LogP contribution in [-0.2, 0) is 29.0 Å². The summed E-state index contributed by atoms with van der Waals surface area (Å²) in [5.74, 6) is 1.93. The molecule has 1 unspecified atom stereocenters. The molecule has 11 heteroatoms. The maximum atomic E-state index is 12.5. The highest BCUT2D eigenvalue weighted by Gasteiger charge is 2.30. The third-order valence-corrected chi connectivity index (χ3v) is 6.25. The first-order chi connectivity index (χ1) is 15.2. The fraction of sp³-hybridized carbons (Fsp3) is 0.810. The van der Waals surface area contributed by atoms with Crippen molar-refractivity contribution in [2.24, 2.45) is 4.99 Å². The zero-order valence-electron chi connectivity index (χ0n) is 19.0. The summed E-state index contributed by atoms with van der Waals surface area (Å²) in [4.78, 5) is 33.9. The first-order valence-corrected chi connectivity index (χ1v) is 11.8. The largest absolute Gasteiger partial charge is 0.368 e. The Balaban J connectivity index is 0.00000289. The Morgan fingerprint density at radius 3 is 2.62 bits per heavy atom. The molecule has 0 radical (unpaired) electrons. The number of aryl methyl sites for hydroxylation is 2. The molecule has 0 aromatic carbocycles. The summed E-state index contributed by atoms with van der Waals surface area (Å²) >= 11 is 0. The van der Waals surface area contributed by atoms with Crippen LogP contribution in [-0.4, -0.2) is 88.0 Å². The zero-order chi connectivity index (χ0) is 21.6. The van der Waals surface area contributed by atoms with Gasteiger partial charge in [-0.25, -0.2) is 9.48 Å². The van der Waals surface area contributed by atoms with E-state index in [2.05, 4.69) is 22.2 Å². The number of halogens is 1. The van der Waals surface area contributed by atoms with E-state index in [1.165, 1.54) is 0 Å². The first-order valence-electron chi connectivity index (χ1n) is 11.8. The predicted molar refractivity (Wildman–Crippen MR) is 133 cm³/mol. The van der Waals surface area contributed by atoms with Gasteiger partial charge in [0.1, 0.15) is 11.9 Å². The number of carbonyl (C=O) groups is 1. The minimum atomic E-state index is -0.245. The Morgan fingerprint density at radius 1 is 1.16 bits per heavy atom. The van der Waals surface area contributed by atoms with Crippen LogP contribution in [0.2, 0.25) is 0 Å². The number of nitrogens with zero attached hydrogens (tertiary/aromatic N) is 6. The second-order valence-electron chi connectivity index (χ2n) is 8.43. The van der Waals surface area contributed by atoms with Crippen LogP contribution in [0.25, 0.3) is 0 Å². The number of aromatic nitrogens is 3. The quantitative estimate of drug-likeness (QED) is 0.238. The number of amides is 1. The molecule has 4 heterocycles. The van der Waals surface area contributed by atoms with E-state index in [0.717, 1.165) is 76.5 Å². The number of hydrogen-bond donors (Lipinski definition) is 1. The molecule has 10 nitrogen and oxygen atoms in total. The summed E-state index contributed by atoms with van der Waals surface area (Å²) < 4.78 is 8.96. The van der Waals surface area contributed by atoms with Crippen LogP contribution in [0.3, 0.4) is 0 Å². The average Bonchev–Trinajstić information content (AvgIpc) is 3.45. The molecular weight excluding hydrogens is 525 g/mol. The number of piperazine rings is 1. The SMILES string of the molecule is CCNC(=NCCCn1nc2n(c1=O)CCCC2)N1CCN(C(=O)C2CCCO2)CC1.I. The molecule has 3 aliphatic rings. The average molecular weight is 561 g/mol. The lowest BCUT2D eigenvalue weighted by molar-refractivity contribution is -0.142. The van der Waals surface area contributed by atoms with E-state index in [1.54, 1.807) is 4.68 Å². The van der Waals surface area contributed by atoms with Crippen molar-refractivity contribution < 1.29 is 9.53 Å². The van der Waals surface area contributed by atoms with Gasteiger partial charge in [0, 0.05) is 65.4 Å². The van der Waals surface area contributed by atoms with Crippen molar-refractivity contribution in [3.63, 3.8) is 0 Å². The molecular formula is C21H36IN7O3. The van der Waals surface area contributed by atoms with Gasteiger partial charge in [-0.05, 0) is 39.0 Å². The third kappa shape index (κ3) is 5.83. The van der Waals surface area contributed by atoms with Crippen LogP contribution in [0.1, 0.15) is 44.9 Å².